The maximum absolute atomic E-state index is 13.1. The van der Waals surface area contributed by atoms with E-state index in [-0.39, 0.29) is 35.5 Å². The lowest BCUT2D eigenvalue weighted by molar-refractivity contribution is -0.170. The highest BCUT2D eigenvalue weighted by atomic mass is 19.4. The molecule has 4 aromatic rings. The summed E-state index contributed by atoms with van der Waals surface area (Å²) in [7, 11) is 0. The molecule has 4 rings (SSSR count). The van der Waals surface area contributed by atoms with Crippen molar-refractivity contribution in [1.29, 1.82) is 0 Å². The topological polar surface area (TPSA) is 77.4 Å². The smallest absolute Gasteiger partial charge is 0.388 e. The number of benzene rings is 4. The summed E-state index contributed by atoms with van der Waals surface area (Å²) in [6, 6.07) is 15.4. The second-order valence-electron chi connectivity index (χ2n) is 12.5. The molecular formula is C38H34F12O6. The first-order chi connectivity index (χ1) is 26.1. The number of alkyl halides is 12. The Bertz CT molecular complexity index is 1640. The molecule has 6 nitrogen and oxygen atoms in total. The first kappa shape index (κ1) is 44.5. The van der Waals surface area contributed by atoms with Gasteiger partial charge in [0.1, 0.15) is 24.4 Å². The van der Waals surface area contributed by atoms with Crippen LogP contribution in [0.2, 0.25) is 0 Å². The number of hydrogen-bond donors (Lipinski definition) is 2. The zero-order valence-corrected chi connectivity index (χ0v) is 28.9. The van der Waals surface area contributed by atoms with Gasteiger partial charge in [0.25, 0.3) is 0 Å². The molecule has 0 fully saturated rings. The Morgan fingerprint density at radius 1 is 0.357 bits per heavy atom. The van der Waals surface area contributed by atoms with Crippen LogP contribution in [0.4, 0.5) is 52.7 Å². The van der Waals surface area contributed by atoms with Crippen LogP contribution in [0.1, 0.15) is 44.5 Å². The Labute approximate surface area is 312 Å². The summed E-state index contributed by atoms with van der Waals surface area (Å²) < 4.78 is 179. The molecule has 18 heteroatoms. The third-order valence-electron chi connectivity index (χ3n) is 8.27. The Morgan fingerprint density at radius 3 is 0.786 bits per heavy atom. The van der Waals surface area contributed by atoms with Crippen LogP contribution < -0.4 is 0 Å². The van der Waals surface area contributed by atoms with Crippen molar-refractivity contribution in [1.82, 2.24) is 0 Å². The molecule has 0 saturated carbocycles. The molecule has 0 aliphatic carbocycles. The standard InChI is InChI=1S/C38H34F12O6/c39-35(40,41)27-9-1-23(2-10-27)17-53-21-31(55-19-25-5-13-29(14-6-25)37(45,46)47)33(51)34(52)32(56-20-26-7-15-30(16-8-26)38(48,49)50)22-54-18-24-3-11-28(12-4-24)36(42,43)44/h1-16,31-34,51-52H,17-22H2/t31-,32-,33-,34-/m1/s1. The van der Waals surface area contributed by atoms with Crippen molar-refractivity contribution in [2.45, 2.75) is 75.5 Å². The molecule has 0 aliphatic heterocycles. The number of hydrogen-bond acceptors (Lipinski definition) is 6. The fourth-order valence-electron chi connectivity index (χ4n) is 5.08. The van der Waals surface area contributed by atoms with Crippen molar-refractivity contribution < 1.29 is 81.8 Å². The van der Waals surface area contributed by atoms with E-state index in [1.165, 1.54) is 0 Å². The molecule has 0 saturated heterocycles. The molecule has 0 spiro atoms. The lowest BCUT2D eigenvalue weighted by Crippen LogP contribution is -2.49. The Balaban J connectivity index is 1.51. The molecule has 2 N–H and O–H groups in total. The van der Waals surface area contributed by atoms with Gasteiger partial charge < -0.3 is 29.2 Å². The number of halogens is 12. The zero-order chi connectivity index (χ0) is 41.3. The maximum atomic E-state index is 13.1. The first-order valence-electron chi connectivity index (χ1n) is 16.5. The molecule has 56 heavy (non-hydrogen) atoms. The highest BCUT2D eigenvalue weighted by molar-refractivity contribution is 5.26. The summed E-state index contributed by atoms with van der Waals surface area (Å²) in [6.45, 7) is -2.50. The largest absolute Gasteiger partial charge is 0.416 e. The number of aliphatic hydroxyl groups excluding tert-OH is 2. The number of rotatable bonds is 17. The van der Waals surface area contributed by atoms with E-state index in [0.29, 0.717) is 0 Å². The third kappa shape index (κ3) is 13.5. The highest BCUT2D eigenvalue weighted by Crippen LogP contribution is 2.32. The summed E-state index contributed by atoms with van der Waals surface area (Å²) >= 11 is 0. The zero-order valence-electron chi connectivity index (χ0n) is 28.9. The molecule has 0 radical (unpaired) electrons. The van der Waals surface area contributed by atoms with E-state index in [9.17, 15) is 62.9 Å². The lowest BCUT2D eigenvalue weighted by atomic mass is 10.0. The second-order valence-corrected chi connectivity index (χ2v) is 12.5. The minimum absolute atomic E-state index is 0.211. The lowest BCUT2D eigenvalue weighted by Gasteiger charge is -2.32. The Kier molecular flexibility index (Phi) is 15.0. The van der Waals surface area contributed by atoms with Gasteiger partial charge in [0.15, 0.2) is 0 Å². The molecule has 4 aromatic carbocycles. The first-order valence-corrected chi connectivity index (χ1v) is 16.5. The van der Waals surface area contributed by atoms with E-state index in [1.54, 1.807) is 0 Å². The molecule has 0 bridgehead atoms. The van der Waals surface area contributed by atoms with Gasteiger partial charge in [0.2, 0.25) is 0 Å². The molecule has 0 amide bonds. The van der Waals surface area contributed by atoms with Crippen LogP contribution in [-0.2, 0) is 70.1 Å². The minimum Gasteiger partial charge on any atom is -0.388 e. The molecular weight excluding hydrogens is 780 g/mol. The molecule has 0 aliphatic rings. The van der Waals surface area contributed by atoms with Crippen molar-refractivity contribution in [3.63, 3.8) is 0 Å². The minimum atomic E-state index is -4.63. The van der Waals surface area contributed by atoms with Crippen molar-refractivity contribution in [3.05, 3.63) is 142 Å². The van der Waals surface area contributed by atoms with Crippen molar-refractivity contribution in [3.8, 4) is 0 Å². The van der Waals surface area contributed by atoms with E-state index in [2.05, 4.69) is 0 Å². The Morgan fingerprint density at radius 2 is 0.571 bits per heavy atom. The van der Waals surface area contributed by atoms with Gasteiger partial charge in [0.05, 0.1) is 61.9 Å². The summed E-state index contributed by atoms with van der Waals surface area (Å²) in [5.74, 6) is 0. The quantitative estimate of drug-likeness (QED) is 0.104. The average Bonchev–Trinajstić information content (AvgIpc) is 3.13. The molecule has 0 aromatic heterocycles. The van der Waals surface area contributed by atoms with Crippen LogP contribution >= 0.6 is 0 Å². The van der Waals surface area contributed by atoms with Gasteiger partial charge in [-0.1, -0.05) is 48.5 Å². The van der Waals surface area contributed by atoms with Crippen LogP contribution in [0, 0.1) is 0 Å². The summed E-state index contributed by atoms with van der Waals surface area (Å²) in [6.07, 6.45) is -25.2. The maximum Gasteiger partial charge on any atom is 0.416 e. The monoisotopic (exact) mass is 814 g/mol. The molecule has 306 valence electrons. The fourth-order valence-corrected chi connectivity index (χ4v) is 5.08. The summed E-state index contributed by atoms with van der Waals surface area (Å²) in [5.41, 5.74) is -2.74. The Hall–Kier alpha value is -4.20. The van der Waals surface area contributed by atoms with Gasteiger partial charge in [-0.25, -0.2) is 0 Å². The predicted molar refractivity (Wildman–Crippen MR) is 174 cm³/mol. The van der Waals surface area contributed by atoms with E-state index in [0.717, 1.165) is 97.1 Å². The van der Waals surface area contributed by atoms with E-state index in [1.807, 2.05) is 0 Å². The van der Waals surface area contributed by atoms with Crippen LogP contribution in [0.25, 0.3) is 0 Å². The van der Waals surface area contributed by atoms with E-state index >= 15 is 0 Å². The van der Waals surface area contributed by atoms with Gasteiger partial charge in [-0.3, -0.25) is 0 Å². The average molecular weight is 815 g/mol. The van der Waals surface area contributed by atoms with Gasteiger partial charge in [-0.15, -0.1) is 0 Å². The molecule has 0 unspecified atom stereocenters. The van der Waals surface area contributed by atoms with Gasteiger partial charge in [0, 0.05) is 0 Å². The number of aliphatic hydroxyl groups is 2. The van der Waals surface area contributed by atoms with Gasteiger partial charge >= 0.3 is 24.7 Å². The van der Waals surface area contributed by atoms with E-state index < -0.39 is 97.8 Å². The van der Waals surface area contributed by atoms with Crippen molar-refractivity contribution >= 4 is 0 Å². The van der Waals surface area contributed by atoms with Gasteiger partial charge in [-0.05, 0) is 70.8 Å². The summed E-state index contributed by atoms with van der Waals surface area (Å²) in [4.78, 5) is 0. The van der Waals surface area contributed by atoms with Crippen LogP contribution in [0.5, 0.6) is 0 Å². The van der Waals surface area contributed by atoms with Crippen LogP contribution in [0.15, 0.2) is 97.1 Å². The van der Waals surface area contributed by atoms with E-state index in [4.69, 9.17) is 18.9 Å². The molecule has 4 atom stereocenters. The highest BCUT2D eigenvalue weighted by Gasteiger charge is 2.36. The normalized spacial score (nSPS) is 15.0. The van der Waals surface area contributed by atoms with Crippen LogP contribution in [0.3, 0.4) is 0 Å². The SMILES string of the molecule is O[C@@H]([C@H](O)[C@@H](COCc1ccc(C(F)(F)F)cc1)OCc1ccc(C(F)(F)F)cc1)[C@@H](COCc1ccc(C(F)(F)F)cc1)OCc1ccc(C(F)(F)F)cc1. The van der Waals surface area contributed by atoms with Crippen molar-refractivity contribution in [2.24, 2.45) is 0 Å². The summed E-state index contributed by atoms with van der Waals surface area (Å²) in [5, 5.41) is 22.7. The second kappa shape index (κ2) is 18.8. The van der Waals surface area contributed by atoms with Crippen LogP contribution in [-0.4, -0.2) is 47.8 Å². The van der Waals surface area contributed by atoms with Crippen molar-refractivity contribution in [2.75, 3.05) is 13.2 Å². The predicted octanol–water partition coefficient (Wildman–Crippen LogP) is 9.39. The third-order valence-corrected chi connectivity index (χ3v) is 8.27. The fraction of sp³-hybridized carbons (Fsp3) is 0.368. The van der Waals surface area contributed by atoms with Gasteiger partial charge in [-0.2, -0.15) is 52.7 Å². The number of ether oxygens (including phenoxy) is 4. The molecule has 0 heterocycles.